The zero-order valence-corrected chi connectivity index (χ0v) is 11.6. The molecule has 0 fully saturated rings. The molecule has 1 amide bonds. The molecule has 0 bridgehead atoms. The number of nitrogens with zero attached hydrogens (tertiary/aromatic N) is 1. The maximum Gasteiger partial charge on any atom is 0.328 e. The maximum absolute atomic E-state index is 11.5. The molecular formula is C11H10N2O5S2. The molecule has 0 aliphatic rings. The van der Waals surface area contributed by atoms with Gasteiger partial charge in [0.2, 0.25) is 11.0 Å². The van der Waals surface area contributed by atoms with Gasteiger partial charge in [-0.05, 0) is 23.6 Å². The van der Waals surface area contributed by atoms with Gasteiger partial charge in [0.15, 0.2) is 0 Å². The minimum atomic E-state index is -4.37. The average Bonchev–Trinajstić information content (AvgIpc) is 2.98. The van der Waals surface area contributed by atoms with Crippen LogP contribution in [0.15, 0.2) is 44.3 Å². The van der Waals surface area contributed by atoms with E-state index in [0.29, 0.717) is 0 Å². The van der Waals surface area contributed by atoms with Crippen LogP contribution in [0.1, 0.15) is 10.6 Å². The van der Waals surface area contributed by atoms with Gasteiger partial charge in [0.25, 0.3) is 0 Å². The lowest BCUT2D eigenvalue weighted by molar-refractivity contribution is -0.120. The number of thiophene rings is 1. The van der Waals surface area contributed by atoms with E-state index >= 15 is 0 Å². The molecule has 2 N–H and O–H groups in total. The summed E-state index contributed by atoms with van der Waals surface area (Å²) in [5.41, 5.74) is 2.28. The summed E-state index contributed by atoms with van der Waals surface area (Å²) in [5, 5.41) is 4.91. The Morgan fingerprint density at radius 3 is 2.85 bits per heavy atom. The highest BCUT2D eigenvalue weighted by Crippen LogP contribution is 2.11. The Morgan fingerprint density at radius 2 is 2.25 bits per heavy atom. The zero-order valence-electron chi connectivity index (χ0n) is 10.0. The summed E-state index contributed by atoms with van der Waals surface area (Å²) < 4.78 is 35.0. The number of carbonyl (C=O) groups is 1. The van der Waals surface area contributed by atoms with Crippen LogP contribution >= 0.6 is 11.3 Å². The van der Waals surface area contributed by atoms with E-state index in [9.17, 15) is 13.2 Å². The predicted octanol–water partition coefficient (Wildman–Crippen LogP) is 1.28. The molecule has 0 radical (unpaired) electrons. The Morgan fingerprint density at radius 1 is 1.45 bits per heavy atom. The van der Waals surface area contributed by atoms with E-state index in [0.717, 1.165) is 17.2 Å². The Labute approximate surface area is 118 Å². The van der Waals surface area contributed by atoms with Crippen LogP contribution in [0.2, 0.25) is 0 Å². The number of nitrogens with one attached hydrogen (secondary N) is 1. The Bertz CT molecular complexity index is 716. The molecule has 0 aliphatic heterocycles. The fourth-order valence-electron chi connectivity index (χ4n) is 1.32. The molecule has 0 saturated carbocycles. The number of carbonyl (C=O) groups excluding carboxylic acids is 1. The van der Waals surface area contributed by atoms with Crippen LogP contribution in [0.4, 0.5) is 0 Å². The molecule has 0 aliphatic carbocycles. The van der Waals surface area contributed by atoms with Gasteiger partial charge in [0.05, 0.1) is 12.6 Å². The van der Waals surface area contributed by atoms with Gasteiger partial charge in [0.1, 0.15) is 5.76 Å². The number of hydrazone groups is 1. The van der Waals surface area contributed by atoms with E-state index in [4.69, 9.17) is 8.97 Å². The van der Waals surface area contributed by atoms with E-state index < -0.39 is 15.2 Å². The molecule has 7 nitrogen and oxygen atoms in total. The van der Waals surface area contributed by atoms with Crippen molar-refractivity contribution in [1.82, 2.24) is 5.43 Å². The number of rotatable bonds is 5. The summed E-state index contributed by atoms with van der Waals surface area (Å²) in [5.74, 6) is -0.209. The smallest absolute Gasteiger partial charge is 0.328 e. The lowest BCUT2D eigenvalue weighted by atomic mass is 10.3. The summed E-state index contributed by atoms with van der Waals surface area (Å²) in [7, 11) is -4.37. The van der Waals surface area contributed by atoms with E-state index in [2.05, 4.69) is 10.5 Å². The van der Waals surface area contributed by atoms with Gasteiger partial charge in [-0.2, -0.15) is 13.5 Å². The van der Waals surface area contributed by atoms with Gasteiger partial charge in [-0.1, -0.05) is 6.07 Å². The molecule has 106 valence electrons. The SMILES string of the molecule is O=C(Cc1cccs1)N/N=C\c1ccc(S(=O)(=O)O)o1. The summed E-state index contributed by atoms with van der Waals surface area (Å²) in [4.78, 5) is 12.4. The van der Waals surface area contributed by atoms with E-state index in [1.165, 1.54) is 17.4 Å². The normalized spacial score (nSPS) is 11.8. The van der Waals surface area contributed by atoms with Crippen LogP contribution in [0.25, 0.3) is 0 Å². The highest BCUT2D eigenvalue weighted by molar-refractivity contribution is 7.85. The molecule has 20 heavy (non-hydrogen) atoms. The maximum atomic E-state index is 11.5. The van der Waals surface area contributed by atoms with Crippen LogP contribution in [-0.4, -0.2) is 25.1 Å². The number of furan rings is 1. The van der Waals surface area contributed by atoms with Crippen molar-refractivity contribution >= 4 is 33.6 Å². The van der Waals surface area contributed by atoms with Crippen LogP contribution in [-0.2, 0) is 21.3 Å². The second-order valence-corrected chi connectivity index (χ2v) is 6.07. The quantitative estimate of drug-likeness (QED) is 0.491. The van der Waals surface area contributed by atoms with Crippen LogP contribution in [0.3, 0.4) is 0 Å². The first-order valence-corrected chi connectivity index (χ1v) is 7.69. The van der Waals surface area contributed by atoms with Gasteiger partial charge in [-0.15, -0.1) is 11.3 Å². The van der Waals surface area contributed by atoms with Gasteiger partial charge in [0, 0.05) is 4.88 Å². The Kier molecular flexibility index (Phi) is 4.32. The molecule has 0 aromatic carbocycles. The highest BCUT2D eigenvalue weighted by Gasteiger charge is 2.14. The lowest BCUT2D eigenvalue weighted by Gasteiger charge is -1.96. The topological polar surface area (TPSA) is 109 Å². The van der Waals surface area contributed by atoms with Crippen molar-refractivity contribution < 1.29 is 22.2 Å². The standard InChI is InChI=1S/C11H10N2O5S2/c14-10(6-9-2-1-5-19-9)13-12-7-8-3-4-11(18-8)20(15,16)17/h1-5,7H,6H2,(H,13,14)(H,15,16,17)/b12-7-. The molecular weight excluding hydrogens is 304 g/mol. The first-order chi connectivity index (χ1) is 9.45. The zero-order chi connectivity index (χ0) is 14.6. The first-order valence-electron chi connectivity index (χ1n) is 5.37. The molecule has 0 spiro atoms. The fourth-order valence-corrected chi connectivity index (χ4v) is 2.47. The molecule has 2 rings (SSSR count). The Balaban J connectivity index is 1.90. The van der Waals surface area contributed by atoms with Crippen LogP contribution in [0, 0.1) is 0 Å². The summed E-state index contributed by atoms with van der Waals surface area (Å²) >= 11 is 1.46. The molecule has 0 unspecified atom stereocenters. The van der Waals surface area contributed by atoms with Crippen molar-refractivity contribution in [2.45, 2.75) is 11.5 Å². The molecule has 9 heteroatoms. The number of hydrogen-bond acceptors (Lipinski definition) is 6. The van der Waals surface area contributed by atoms with Crippen molar-refractivity contribution in [2.75, 3.05) is 0 Å². The molecule has 2 aromatic heterocycles. The van der Waals surface area contributed by atoms with Crippen LogP contribution in [0.5, 0.6) is 0 Å². The van der Waals surface area contributed by atoms with Gasteiger partial charge in [-0.25, -0.2) is 5.43 Å². The molecule has 2 heterocycles. The molecule has 0 saturated heterocycles. The summed E-state index contributed by atoms with van der Waals surface area (Å²) in [6.07, 6.45) is 1.35. The predicted molar refractivity (Wildman–Crippen MR) is 72.3 cm³/mol. The minimum Gasteiger partial charge on any atom is -0.441 e. The summed E-state index contributed by atoms with van der Waals surface area (Å²) in [6, 6.07) is 6.07. The van der Waals surface area contributed by atoms with Gasteiger partial charge in [-0.3, -0.25) is 9.35 Å². The lowest BCUT2D eigenvalue weighted by Crippen LogP contribution is -2.19. The average molecular weight is 314 g/mol. The van der Waals surface area contributed by atoms with E-state index in [-0.39, 0.29) is 18.1 Å². The Hall–Kier alpha value is -1.97. The third kappa shape index (κ3) is 4.02. The third-order valence-corrected chi connectivity index (χ3v) is 3.76. The monoisotopic (exact) mass is 314 g/mol. The van der Waals surface area contributed by atoms with Crippen molar-refractivity contribution in [3.63, 3.8) is 0 Å². The van der Waals surface area contributed by atoms with Crippen molar-refractivity contribution in [1.29, 1.82) is 0 Å². The van der Waals surface area contributed by atoms with E-state index in [1.54, 1.807) is 0 Å². The van der Waals surface area contributed by atoms with Crippen molar-refractivity contribution in [3.8, 4) is 0 Å². The van der Waals surface area contributed by atoms with Crippen LogP contribution < -0.4 is 5.43 Å². The van der Waals surface area contributed by atoms with Gasteiger partial charge >= 0.3 is 10.1 Å². The summed E-state index contributed by atoms with van der Waals surface area (Å²) in [6.45, 7) is 0. The molecule has 2 aromatic rings. The third-order valence-electron chi connectivity index (χ3n) is 2.15. The fraction of sp³-hybridized carbons (Fsp3) is 0.0909. The number of amides is 1. The second-order valence-electron chi connectivity index (χ2n) is 3.68. The van der Waals surface area contributed by atoms with Crippen molar-refractivity contribution in [3.05, 3.63) is 40.3 Å². The highest BCUT2D eigenvalue weighted by atomic mass is 32.2. The van der Waals surface area contributed by atoms with E-state index in [1.807, 2.05) is 17.5 Å². The largest absolute Gasteiger partial charge is 0.441 e. The van der Waals surface area contributed by atoms with Gasteiger partial charge < -0.3 is 4.42 Å². The molecule has 0 atom stereocenters. The second kappa shape index (κ2) is 5.99. The first kappa shape index (κ1) is 14.4. The number of hydrogen-bond donors (Lipinski definition) is 2. The van der Waals surface area contributed by atoms with Crippen molar-refractivity contribution in [2.24, 2.45) is 5.10 Å². The minimum absolute atomic E-state index is 0.0917.